The third-order valence-corrected chi connectivity index (χ3v) is 2.03. The maximum atomic E-state index is 3.77. The Morgan fingerprint density at radius 1 is 1.21 bits per heavy atom. The van der Waals surface area contributed by atoms with Crippen LogP contribution in [-0.4, -0.2) is 7.05 Å². The Morgan fingerprint density at radius 2 is 1.86 bits per heavy atom. The van der Waals surface area contributed by atoms with E-state index in [-0.39, 0.29) is 0 Å². The van der Waals surface area contributed by atoms with Crippen molar-refractivity contribution in [3.8, 4) is 0 Å². The Bertz CT molecular complexity index is 336. The summed E-state index contributed by atoms with van der Waals surface area (Å²) in [6, 6.07) is 10.1. The minimum atomic E-state index is 1.03. The average Bonchev–Trinajstić information content (AvgIpc) is 2.26. The van der Waals surface area contributed by atoms with Crippen molar-refractivity contribution in [3.05, 3.63) is 67.4 Å². The lowest BCUT2D eigenvalue weighted by atomic mass is 10.2. The van der Waals surface area contributed by atoms with Crippen LogP contribution < -0.4 is 4.90 Å². The lowest BCUT2D eigenvalue weighted by Gasteiger charge is -2.19. The first-order valence-corrected chi connectivity index (χ1v) is 4.53. The second-order valence-corrected chi connectivity index (χ2v) is 2.93. The zero-order chi connectivity index (χ0) is 10.4. The highest BCUT2D eigenvalue weighted by molar-refractivity contribution is 5.53. The van der Waals surface area contributed by atoms with E-state index in [0.717, 1.165) is 11.4 Å². The molecule has 0 spiro atoms. The van der Waals surface area contributed by atoms with Gasteiger partial charge in [0.1, 0.15) is 0 Å². The number of hydrogen-bond donors (Lipinski definition) is 0. The second kappa shape index (κ2) is 5.07. The fourth-order valence-electron chi connectivity index (χ4n) is 1.24. The van der Waals surface area contributed by atoms with Crippen molar-refractivity contribution in [1.82, 2.24) is 0 Å². The van der Waals surface area contributed by atoms with Gasteiger partial charge in [0, 0.05) is 18.4 Å². The molecule has 1 rings (SSSR count). The monoisotopic (exact) mass is 185 g/mol. The molecule has 0 heterocycles. The number of likely N-dealkylation sites (N-methyl/N-ethyl adjacent to an activating group) is 1. The minimum Gasteiger partial charge on any atom is -0.345 e. The Labute approximate surface area is 85.7 Å². The Morgan fingerprint density at radius 3 is 2.36 bits per heavy atom. The molecule has 0 N–H and O–H groups in total. The quantitative estimate of drug-likeness (QED) is 0.650. The van der Waals surface area contributed by atoms with E-state index in [4.69, 9.17) is 0 Å². The van der Waals surface area contributed by atoms with E-state index in [2.05, 4.69) is 30.2 Å². The van der Waals surface area contributed by atoms with Crippen LogP contribution in [-0.2, 0) is 0 Å². The Kier molecular flexibility index (Phi) is 3.74. The molecule has 0 fully saturated rings. The van der Waals surface area contributed by atoms with Gasteiger partial charge in [-0.15, -0.1) is 0 Å². The number of anilines is 1. The molecule has 14 heavy (non-hydrogen) atoms. The van der Waals surface area contributed by atoms with Crippen LogP contribution in [0.3, 0.4) is 0 Å². The number of hydrogen-bond acceptors (Lipinski definition) is 1. The molecule has 0 atom stereocenters. The van der Waals surface area contributed by atoms with Crippen LogP contribution in [0.25, 0.3) is 0 Å². The van der Waals surface area contributed by atoms with Crippen LogP contribution in [0, 0.1) is 0 Å². The molecule has 0 saturated heterocycles. The molecule has 0 bridgehead atoms. The van der Waals surface area contributed by atoms with E-state index in [1.165, 1.54) is 0 Å². The van der Waals surface area contributed by atoms with Gasteiger partial charge in [0.2, 0.25) is 0 Å². The number of allylic oxidation sites excluding steroid dienone is 3. The smallest absolute Gasteiger partial charge is 0.0408 e. The third-order valence-electron chi connectivity index (χ3n) is 2.03. The molecule has 0 unspecified atom stereocenters. The maximum absolute atomic E-state index is 3.77. The van der Waals surface area contributed by atoms with Crippen LogP contribution >= 0.6 is 0 Å². The van der Waals surface area contributed by atoms with Gasteiger partial charge in [0.15, 0.2) is 0 Å². The van der Waals surface area contributed by atoms with E-state index in [0.29, 0.717) is 0 Å². The Balaban J connectivity index is 2.94. The minimum absolute atomic E-state index is 1.03. The van der Waals surface area contributed by atoms with Crippen LogP contribution in [0.5, 0.6) is 0 Å². The van der Waals surface area contributed by atoms with E-state index in [1.807, 2.05) is 37.4 Å². The van der Waals surface area contributed by atoms with Gasteiger partial charge >= 0.3 is 0 Å². The average molecular weight is 185 g/mol. The van der Waals surface area contributed by atoms with Crippen molar-refractivity contribution in [2.45, 2.75) is 0 Å². The lowest BCUT2D eigenvalue weighted by molar-refractivity contribution is 1.14. The molecule has 1 heteroatoms. The molecule has 0 aliphatic rings. The summed E-state index contributed by atoms with van der Waals surface area (Å²) in [4.78, 5) is 2.06. The molecule has 0 aromatic heterocycles. The number of para-hydroxylation sites is 1. The molecule has 0 radical (unpaired) electrons. The summed E-state index contributed by atoms with van der Waals surface area (Å²) in [5.74, 6) is 0. The number of nitrogens with zero attached hydrogens (tertiary/aromatic N) is 1. The summed E-state index contributed by atoms with van der Waals surface area (Å²) in [5.41, 5.74) is 2.17. The maximum Gasteiger partial charge on any atom is 0.0408 e. The zero-order valence-electron chi connectivity index (χ0n) is 8.48. The predicted octanol–water partition coefficient (Wildman–Crippen LogP) is 3.38. The van der Waals surface area contributed by atoms with E-state index in [1.54, 1.807) is 6.08 Å². The summed E-state index contributed by atoms with van der Waals surface area (Å²) in [6.45, 7) is 7.44. The first kappa shape index (κ1) is 10.3. The van der Waals surface area contributed by atoms with Gasteiger partial charge in [-0.2, -0.15) is 0 Å². The van der Waals surface area contributed by atoms with Gasteiger partial charge in [-0.25, -0.2) is 0 Å². The standard InChI is InChI=1S/C13H15N/c1-4-9-12(5-2)14(3)13-10-7-6-8-11-13/h4-11H,1-2H2,3H3/b12-9+. The zero-order valence-corrected chi connectivity index (χ0v) is 8.48. The van der Waals surface area contributed by atoms with Crippen LogP contribution in [0.15, 0.2) is 67.4 Å². The lowest BCUT2D eigenvalue weighted by Crippen LogP contribution is -2.14. The fraction of sp³-hybridized carbons (Fsp3) is 0.0769. The fourth-order valence-corrected chi connectivity index (χ4v) is 1.24. The topological polar surface area (TPSA) is 3.24 Å². The van der Waals surface area contributed by atoms with Gasteiger partial charge in [0.25, 0.3) is 0 Å². The first-order valence-electron chi connectivity index (χ1n) is 4.53. The highest BCUT2D eigenvalue weighted by atomic mass is 15.1. The number of benzene rings is 1. The molecule has 0 aliphatic heterocycles. The van der Waals surface area contributed by atoms with E-state index < -0.39 is 0 Å². The van der Waals surface area contributed by atoms with Gasteiger partial charge in [0.05, 0.1) is 0 Å². The first-order chi connectivity index (χ1) is 6.79. The van der Waals surface area contributed by atoms with Crippen molar-refractivity contribution < 1.29 is 0 Å². The van der Waals surface area contributed by atoms with Crippen molar-refractivity contribution in [3.63, 3.8) is 0 Å². The number of rotatable bonds is 4. The van der Waals surface area contributed by atoms with Crippen molar-refractivity contribution in [2.24, 2.45) is 0 Å². The third kappa shape index (κ3) is 2.36. The summed E-state index contributed by atoms with van der Waals surface area (Å²) in [7, 11) is 2.01. The van der Waals surface area contributed by atoms with Gasteiger partial charge in [-0.05, 0) is 24.3 Å². The summed E-state index contributed by atoms with van der Waals surface area (Å²) in [5, 5.41) is 0. The van der Waals surface area contributed by atoms with Crippen molar-refractivity contribution in [2.75, 3.05) is 11.9 Å². The van der Waals surface area contributed by atoms with Gasteiger partial charge < -0.3 is 4.90 Å². The van der Waals surface area contributed by atoms with Crippen LogP contribution in [0.4, 0.5) is 5.69 Å². The highest BCUT2D eigenvalue weighted by Crippen LogP contribution is 2.16. The van der Waals surface area contributed by atoms with Crippen LogP contribution in [0.2, 0.25) is 0 Å². The predicted molar refractivity (Wildman–Crippen MR) is 63.3 cm³/mol. The molecular weight excluding hydrogens is 170 g/mol. The van der Waals surface area contributed by atoms with E-state index in [9.17, 15) is 0 Å². The van der Waals surface area contributed by atoms with Gasteiger partial charge in [-0.1, -0.05) is 37.4 Å². The SMILES string of the molecule is C=C/C=C(\C=C)N(C)c1ccccc1. The molecule has 1 aromatic rings. The molecule has 0 amide bonds. The summed E-state index contributed by atoms with van der Waals surface area (Å²) >= 11 is 0. The molecule has 1 nitrogen and oxygen atoms in total. The van der Waals surface area contributed by atoms with Crippen LogP contribution in [0.1, 0.15) is 0 Å². The molecule has 0 saturated carbocycles. The highest BCUT2D eigenvalue weighted by Gasteiger charge is 2.01. The van der Waals surface area contributed by atoms with Crippen molar-refractivity contribution >= 4 is 5.69 Å². The summed E-state index contributed by atoms with van der Waals surface area (Å²) in [6.07, 6.45) is 5.51. The molecule has 0 aliphatic carbocycles. The van der Waals surface area contributed by atoms with E-state index >= 15 is 0 Å². The normalized spacial score (nSPS) is 10.8. The molecule has 1 aromatic carbocycles. The molecular formula is C13H15N. The largest absolute Gasteiger partial charge is 0.345 e. The van der Waals surface area contributed by atoms with Crippen molar-refractivity contribution in [1.29, 1.82) is 0 Å². The summed E-state index contributed by atoms with van der Waals surface area (Å²) < 4.78 is 0. The second-order valence-electron chi connectivity index (χ2n) is 2.93. The van der Waals surface area contributed by atoms with Gasteiger partial charge in [-0.3, -0.25) is 0 Å². The molecule has 72 valence electrons. The Hall–Kier alpha value is -1.76.